The van der Waals surface area contributed by atoms with Gasteiger partial charge in [-0.25, -0.2) is 0 Å². The second-order valence-corrected chi connectivity index (χ2v) is 7.20. The van der Waals surface area contributed by atoms with E-state index in [1.165, 1.54) is 22.5 Å². The van der Waals surface area contributed by atoms with Crippen LogP contribution in [0.2, 0.25) is 0 Å². The van der Waals surface area contributed by atoms with Crippen LogP contribution in [0.4, 0.5) is 11.6 Å². The molecule has 0 aliphatic carbocycles. The molecule has 130 valence electrons. The van der Waals surface area contributed by atoms with E-state index < -0.39 is 0 Å². The summed E-state index contributed by atoms with van der Waals surface area (Å²) in [6.07, 6.45) is 1.71. The van der Waals surface area contributed by atoms with E-state index in [0.29, 0.717) is 10.8 Å². The maximum atomic E-state index is 11.5. The van der Waals surface area contributed by atoms with Gasteiger partial charge in [0.15, 0.2) is 0 Å². The highest BCUT2D eigenvalue weighted by Gasteiger charge is 2.30. The summed E-state index contributed by atoms with van der Waals surface area (Å²) in [7, 11) is 0. The Morgan fingerprint density at radius 2 is 2.08 bits per heavy atom. The third kappa shape index (κ3) is 3.10. The molecule has 2 aromatic heterocycles. The minimum atomic E-state index is -0.332. The number of hydrogen-bond donors (Lipinski definition) is 0. The summed E-state index contributed by atoms with van der Waals surface area (Å²) in [5.74, 6) is 0.565. The molecule has 1 saturated heterocycles. The number of piperazine rings is 1. The molecular weight excluding hydrogens is 338 g/mol. The van der Waals surface area contributed by atoms with Crippen molar-refractivity contribution >= 4 is 27.9 Å². The fourth-order valence-electron chi connectivity index (χ4n) is 3.33. The van der Waals surface area contributed by atoms with Crippen molar-refractivity contribution in [2.75, 3.05) is 31.1 Å². The van der Waals surface area contributed by atoms with Gasteiger partial charge in [0, 0.05) is 38.1 Å². The van der Waals surface area contributed by atoms with E-state index in [1.807, 2.05) is 10.3 Å². The Bertz CT molecular complexity index is 911. The first-order valence-electron chi connectivity index (χ1n) is 8.24. The van der Waals surface area contributed by atoms with Crippen LogP contribution in [0.1, 0.15) is 11.1 Å². The Morgan fingerprint density at radius 1 is 1.28 bits per heavy atom. The van der Waals surface area contributed by atoms with Crippen LogP contribution < -0.4 is 4.90 Å². The standard InChI is InChI=1S/C17H19N5O2S/c1-13-3-2-4-14(11-13)12-19-5-7-20(8-6-19)15-16(22(23)24)21-9-10-25-17(21)18-15/h2-4,9-11H,5-8,12H2,1H3. The first-order chi connectivity index (χ1) is 12.1. The van der Waals surface area contributed by atoms with E-state index in [-0.39, 0.29) is 10.7 Å². The van der Waals surface area contributed by atoms with Crippen molar-refractivity contribution in [3.63, 3.8) is 0 Å². The molecule has 1 aliphatic heterocycles. The van der Waals surface area contributed by atoms with Crippen LogP contribution >= 0.6 is 11.3 Å². The minimum absolute atomic E-state index is 0.0726. The molecule has 0 N–H and O–H groups in total. The first-order valence-corrected chi connectivity index (χ1v) is 9.12. The molecule has 0 amide bonds. The third-order valence-electron chi connectivity index (χ3n) is 4.55. The third-order valence-corrected chi connectivity index (χ3v) is 5.31. The number of aryl methyl sites for hydroxylation is 1. The zero-order chi connectivity index (χ0) is 17.4. The van der Waals surface area contributed by atoms with Crippen molar-refractivity contribution in [1.29, 1.82) is 0 Å². The topological polar surface area (TPSA) is 66.9 Å². The van der Waals surface area contributed by atoms with Crippen molar-refractivity contribution in [3.05, 3.63) is 57.1 Å². The number of nitrogens with zero attached hydrogens (tertiary/aromatic N) is 5. The monoisotopic (exact) mass is 357 g/mol. The predicted octanol–water partition coefficient (Wildman–Crippen LogP) is 2.93. The largest absolute Gasteiger partial charge is 0.373 e. The van der Waals surface area contributed by atoms with E-state index in [2.05, 4.69) is 41.1 Å². The highest BCUT2D eigenvalue weighted by molar-refractivity contribution is 7.15. The van der Waals surface area contributed by atoms with Gasteiger partial charge in [0.1, 0.15) is 6.20 Å². The number of anilines is 1. The molecule has 1 fully saturated rings. The first kappa shape index (κ1) is 16.0. The summed E-state index contributed by atoms with van der Waals surface area (Å²) in [5, 5.41) is 13.3. The lowest BCUT2D eigenvalue weighted by molar-refractivity contribution is -0.389. The van der Waals surface area contributed by atoms with Gasteiger partial charge in [0.05, 0.1) is 0 Å². The van der Waals surface area contributed by atoms with Gasteiger partial charge in [-0.2, -0.15) is 9.38 Å². The second kappa shape index (κ2) is 6.45. The molecule has 4 rings (SSSR count). The van der Waals surface area contributed by atoms with E-state index in [1.54, 1.807) is 10.6 Å². The molecule has 0 atom stereocenters. The number of thiazole rings is 1. The van der Waals surface area contributed by atoms with Crippen molar-refractivity contribution < 1.29 is 4.92 Å². The SMILES string of the molecule is Cc1cccc(CN2CCN(c3nc4sccn4c3[N+](=O)[O-])CC2)c1. The molecule has 1 aromatic carbocycles. The number of benzene rings is 1. The van der Waals surface area contributed by atoms with E-state index >= 15 is 0 Å². The van der Waals surface area contributed by atoms with E-state index in [9.17, 15) is 10.1 Å². The van der Waals surface area contributed by atoms with Crippen molar-refractivity contribution in [1.82, 2.24) is 14.3 Å². The van der Waals surface area contributed by atoms with Crippen molar-refractivity contribution in [2.24, 2.45) is 0 Å². The molecule has 3 aromatic rings. The highest BCUT2D eigenvalue weighted by Crippen LogP contribution is 2.31. The van der Waals surface area contributed by atoms with Gasteiger partial charge in [-0.15, -0.1) is 0 Å². The molecule has 1 aliphatic rings. The van der Waals surface area contributed by atoms with E-state index in [4.69, 9.17) is 0 Å². The molecule has 0 spiro atoms. The van der Waals surface area contributed by atoms with Gasteiger partial charge >= 0.3 is 5.82 Å². The minimum Gasteiger partial charge on any atom is -0.358 e. The zero-order valence-corrected chi connectivity index (χ0v) is 14.8. The molecule has 7 nitrogen and oxygen atoms in total. The summed E-state index contributed by atoms with van der Waals surface area (Å²) >= 11 is 1.42. The number of rotatable bonds is 4. The maximum absolute atomic E-state index is 11.5. The average molecular weight is 357 g/mol. The molecule has 0 radical (unpaired) electrons. The van der Waals surface area contributed by atoms with Crippen LogP contribution in [0.3, 0.4) is 0 Å². The van der Waals surface area contributed by atoms with Crippen LogP contribution in [0.15, 0.2) is 35.8 Å². The number of imidazole rings is 1. The molecule has 0 bridgehead atoms. The van der Waals surface area contributed by atoms with Crippen molar-refractivity contribution in [3.8, 4) is 0 Å². The number of nitro groups is 1. The second-order valence-electron chi connectivity index (χ2n) is 6.32. The fraction of sp³-hybridized carbons (Fsp3) is 0.353. The quantitative estimate of drug-likeness (QED) is 0.530. The Balaban J connectivity index is 1.48. The van der Waals surface area contributed by atoms with Gasteiger partial charge in [-0.1, -0.05) is 41.2 Å². The van der Waals surface area contributed by atoms with E-state index in [0.717, 1.165) is 32.7 Å². The zero-order valence-electron chi connectivity index (χ0n) is 14.0. The lowest BCUT2D eigenvalue weighted by Gasteiger charge is -2.34. The number of hydrogen-bond acceptors (Lipinski definition) is 6. The lowest BCUT2D eigenvalue weighted by Crippen LogP contribution is -2.46. The van der Waals surface area contributed by atoms with Gasteiger partial charge in [0.25, 0.3) is 4.96 Å². The summed E-state index contributed by atoms with van der Waals surface area (Å²) in [4.78, 5) is 20.7. The van der Waals surface area contributed by atoms with Gasteiger partial charge in [-0.3, -0.25) is 4.90 Å². The average Bonchev–Trinajstić information content (AvgIpc) is 3.16. The summed E-state index contributed by atoms with van der Waals surface area (Å²) in [6.45, 7) is 6.25. The molecule has 0 saturated carbocycles. The Labute approximate surface area is 149 Å². The maximum Gasteiger partial charge on any atom is 0.373 e. The Morgan fingerprint density at radius 3 is 2.80 bits per heavy atom. The Hall–Kier alpha value is -2.45. The molecule has 0 unspecified atom stereocenters. The summed E-state index contributed by atoms with van der Waals surface area (Å²) in [5.41, 5.74) is 2.58. The van der Waals surface area contributed by atoms with Crippen LogP contribution in [-0.4, -0.2) is 45.4 Å². The summed E-state index contributed by atoms with van der Waals surface area (Å²) in [6, 6.07) is 8.54. The molecule has 3 heterocycles. The predicted molar refractivity (Wildman–Crippen MR) is 98.4 cm³/mol. The number of fused-ring (bicyclic) bond motifs is 1. The molecular formula is C17H19N5O2S. The van der Waals surface area contributed by atoms with Gasteiger partial charge in [-0.05, 0) is 17.4 Å². The molecule has 8 heteroatoms. The van der Waals surface area contributed by atoms with Gasteiger partial charge < -0.3 is 15.0 Å². The normalized spacial score (nSPS) is 15.8. The van der Waals surface area contributed by atoms with Gasteiger partial charge in [0.2, 0.25) is 5.82 Å². The number of aromatic nitrogens is 2. The highest BCUT2D eigenvalue weighted by atomic mass is 32.1. The lowest BCUT2D eigenvalue weighted by atomic mass is 10.1. The van der Waals surface area contributed by atoms with Crippen LogP contribution in [0.5, 0.6) is 0 Å². The molecule has 25 heavy (non-hydrogen) atoms. The Kier molecular flexibility index (Phi) is 4.14. The smallest absolute Gasteiger partial charge is 0.358 e. The van der Waals surface area contributed by atoms with Crippen LogP contribution in [0.25, 0.3) is 4.96 Å². The summed E-state index contributed by atoms with van der Waals surface area (Å²) < 4.78 is 1.57. The van der Waals surface area contributed by atoms with Crippen molar-refractivity contribution in [2.45, 2.75) is 13.5 Å². The van der Waals surface area contributed by atoms with Crippen LogP contribution in [-0.2, 0) is 6.54 Å². The van der Waals surface area contributed by atoms with Crippen LogP contribution in [0, 0.1) is 17.0 Å². The fourth-order valence-corrected chi connectivity index (χ4v) is 4.04.